The number of aliphatic hydroxyl groups is 1. The zero-order valence-corrected chi connectivity index (χ0v) is 19.9. The van der Waals surface area contributed by atoms with Crippen LogP contribution in [0.25, 0.3) is 11.1 Å². The van der Waals surface area contributed by atoms with E-state index >= 15 is 0 Å². The normalized spacial score (nSPS) is 15.9. The molecule has 1 saturated heterocycles. The third-order valence-corrected chi connectivity index (χ3v) is 8.01. The van der Waals surface area contributed by atoms with Crippen LogP contribution in [0.4, 0.5) is 11.5 Å². The molecule has 1 atom stereocenters. The molecule has 0 radical (unpaired) electrons. The highest BCUT2D eigenvalue weighted by Crippen LogP contribution is 2.28. The number of likely N-dealkylation sites (tertiary alicyclic amines) is 1. The number of aromatic nitrogens is 2. The van der Waals surface area contributed by atoms with Crippen LogP contribution in [0.1, 0.15) is 23.2 Å². The van der Waals surface area contributed by atoms with Gasteiger partial charge in [-0.2, -0.15) is 0 Å². The number of carbonyl (C=O) groups excluding carboxylic acids is 1. The monoisotopic (exact) mass is 493 g/mol. The Bertz CT molecular complexity index is 1320. The molecule has 0 bridgehead atoms. The molecule has 1 aliphatic heterocycles. The molecule has 1 fully saturated rings. The van der Waals surface area contributed by atoms with Crippen LogP contribution in [0.2, 0.25) is 0 Å². The van der Waals surface area contributed by atoms with E-state index in [2.05, 4.69) is 21.9 Å². The minimum absolute atomic E-state index is 0.0584. The van der Waals surface area contributed by atoms with Crippen LogP contribution in [0.5, 0.6) is 0 Å². The summed E-state index contributed by atoms with van der Waals surface area (Å²) in [6, 6.07) is 11.4. The number of nitrogens with one attached hydrogen (secondary N) is 1. The number of rotatable bonds is 7. The van der Waals surface area contributed by atoms with Gasteiger partial charge in [0.15, 0.2) is 9.84 Å². The Kier molecular flexibility index (Phi) is 7.25. The highest BCUT2D eigenvalue weighted by molar-refractivity contribution is 7.92. The molecule has 3 heterocycles. The topological polar surface area (TPSA) is 139 Å². The summed E-state index contributed by atoms with van der Waals surface area (Å²) < 4.78 is 27.0. The van der Waals surface area contributed by atoms with Crippen molar-refractivity contribution >= 4 is 27.2 Å². The Labute approximate surface area is 204 Å². The molecule has 1 unspecified atom stereocenters. The number of piperidine rings is 1. The van der Waals surface area contributed by atoms with Gasteiger partial charge in [-0.3, -0.25) is 14.7 Å². The summed E-state index contributed by atoms with van der Waals surface area (Å²) in [6.45, 7) is 4.68. The average Bonchev–Trinajstić information content (AvgIpc) is 2.86. The molecule has 0 saturated carbocycles. The summed E-state index contributed by atoms with van der Waals surface area (Å²) in [5.74, 6) is -0.381. The minimum Gasteiger partial charge on any atom is -0.393 e. The van der Waals surface area contributed by atoms with Gasteiger partial charge in [0.05, 0.1) is 16.6 Å². The fourth-order valence-electron chi connectivity index (χ4n) is 4.05. The minimum atomic E-state index is -3.78. The maximum atomic E-state index is 13.5. The molecule has 0 spiro atoms. The van der Waals surface area contributed by atoms with Gasteiger partial charge in [0.2, 0.25) is 0 Å². The van der Waals surface area contributed by atoms with Gasteiger partial charge in [0.25, 0.3) is 5.91 Å². The lowest BCUT2D eigenvalue weighted by molar-refractivity contribution is 0.0822. The van der Waals surface area contributed by atoms with Crippen molar-refractivity contribution in [1.82, 2.24) is 14.9 Å². The van der Waals surface area contributed by atoms with E-state index in [1.165, 1.54) is 18.3 Å². The second-order valence-electron chi connectivity index (χ2n) is 8.31. The fourth-order valence-corrected chi connectivity index (χ4v) is 5.75. The number of anilines is 2. The Morgan fingerprint density at radius 1 is 1.17 bits per heavy atom. The van der Waals surface area contributed by atoms with E-state index in [-0.39, 0.29) is 16.3 Å². The van der Waals surface area contributed by atoms with Crippen LogP contribution >= 0.6 is 0 Å². The maximum absolute atomic E-state index is 13.5. The third kappa shape index (κ3) is 5.40. The number of sulfone groups is 1. The van der Waals surface area contributed by atoms with Crippen LogP contribution in [0, 0.1) is 0 Å². The lowest BCUT2D eigenvalue weighted by Gasteiger charge is -2.34. The zero-order valence-electron chi connectivity index (χ0n) is 19.0. The Morgan fingerprint density at radius 3 is 2.57 bits per heavy atom. The molecule has 182 valence electrons. The van der Waals surface area contributed by atoms with E-state index in [0.717, 1.165) is 0 Å². The first-order chi connectivity index (χ1) is 16.8. The summed E-state index contributed by atoms with van der Waals surface area (Å²) in [5.41, 5.74) is 7.81. The van der Waals surface area contributed by atoms with E-state index in [0.29, 0.717) is 42.7 Å². The van der Waals surface area contributed by atoms with E-state index in [1.54, 1.807) is 48.8 Å². The van der Waals surface area contributed by atoms with Gasteiger partial charge in [-0.25, -0.2) is 13.4 Å². The van der Waals surface area contributed by atoms with Gasteiger partial charge in [-0.05, 0) is 48.7 Å². The number of hydrogen-bond donors (Lipinski definition) is 3. The smallest absolute Gasteiger partial charge is 0.259 e. The number of nitrogens with zero attached hydrogens (tertiary/aromatic N) is 3. The summed E-state index contributed by atoms with van der Waals surface area (Å²) in [4.78, 5) is 22.8. The van der Waals surface area contributed by atoms with Gasteiger partial charge in [0.1, 0.15) is 11.2 Å². The summed E-state index contributed by atoms with van der Waals surface area (Å²) in [7, 11) is -3.78. The fraction of sp³-hybridized carbons (Fsp3) is 0.240. The molecule has 2 aromatic heterocycles. The van der Waals surface area contributed by atoms with E-state index in [1.807, 2.05) is 4.90 Å². The number of amides is 1. The molecule has 1 aromatic carbocycles. The van der Waals surface area contributed by atoms with E-state index in [4.69, 9.17) is 5.73 Å². The van der Waals surface area contributed by atoms with Crippen molar-refractivity contribution in [3.05, 3.63) is 79.3 Å². The second-order valence-corrected chi connectivity index (χ2v) is 10.4. The van der Waals surface area contributed by atoms with Crippen LogP contribution in [0.3, 0.4) is 0 Å². The van der Waals surface area contributed by atoms with Crippen molar-refractivity contribution in [2.45, 2.75) is 29.2 Å². The molecule has 3 aromatic rings. The standard InChI is InChI=1S/C25H27N5O4S/c1-2-23(30-12-8-20(31)9-13-30)35(33,34)21-5-3-4-17(14-21)18-15-22(24(26)28-16-18)25(32)29-19-6-10-27-11-7-19/h2-7,10-11,14-16,20,23,31H,1,8-9,12-13H2,(H2,26,28)(H,27,29,32). The van der Waals surface area contributed by atoms with Crippen molar-refractivity contribution in [2.75, 3.05) is 24.1 Å². The molecular formula is C25H27N5O4S. The van der Waals surface area contributed by atoms with Crippen molar-refractivity contribution in [3.8, 4) is 11.1 Å². The van der Waals surface area contributed by atoms with Crippen LogP contribution in [-0.4, -0.2) is 58.9 Å². The predicted octanol–water partition coefficient (Wildman–Crippen LogP) is 2.72. The van der Waals surface area contributed by atoms with Gasteiger partial charge in [-0.1, -0.05) is 18.2 Å². The van der Waals surface area contributed by atoms with Crippen LogP contribution in [0.15, 0.2) is 78.6 Å². The molecule has 10 heteroatoms. The first-order valence-electron chi connectivity index (χ1n) is 11.2. The van der Waals surface area contributed by atoms with Crippen molar-refractivity contribution in [1.29, 1.82) is 0 Å². The van der Waals surface area contributed by atoms with E-state index in [9.17, 15) is 18.3 Å². The zero-order chi connectivity index (χ0) is 25.0. The molecule has 1 aliphatic rings. The summed E-state index contributed by atoms with van der Waals surface area (Å²) >= 11 is 0. The first-order valence-corrected chi connectivity index (χ1v) is 12.7. The van der Waals surface area contributed by atoms with Crippen molar-refractivity contribution in [2.24, 2.45) is 0 Å². The van der Waals surface area contributed by atoms with Gasteiger partial charge < -0.3 is 16.2 Å². The van der Waals surface area contributed by atoms with Gasteiger partial charge >= 0.3 is 0 Å². The van der Waals surface area contributed by atoms with Crippen LogP contribution in [-0.2, 0) is 9.84 Å². The number of carbonyl (C=O) groups is 1. The molecule has 1 amide bonds. The van der Waals surface area contributed by atoms with Crippen molar-refractivity contribution < 1.29 is 18.3 Å². The van der Waals surface area contributed by atoms with E-state index < -0.39 is 27.2 Å². The first kappa shape index (κ1) is 24.5. The molecule has 9 nitrogen and oxygen atoms in total. The average molecular weight is 494 g/mol. The quantitative estimate of drug-likeness (QED) is 0.427. The van der Waals surface area contributed by atoms with Gasteiger partial charge in [-0.15, -0.1) is 6.58 Å². The lowest BCUT2D eigenvalue weighted by Crippen LogP contribution is -2.45. The highest BCUT2D eigenvalue weighted by Gasteiger charge is 2.33. The third-order valence-electron chi connectivity index (χ3n) is 5.98. The number of nitrogens with two attached hydrogens (primary N) is 1. The molecular weight excluding hydrogens is 466 g/mol. The second kappa shape index (κ2) is 10.3. The molecule has 0 aliphatic carbocycles. The number of nitrogen functional groups attached to an aromatic ring is 1. The number of aliphatic hydroxyl groups excluding tert-OH is 1. The SMILES string of the molecule is C=CC(N1CCC(O)CC1)S(=O)(=O)c1cccc(-c2cnc(N)c(C(=O)Nc3ccncc3)c2)c1. The van der Waals surface area contributed by atoms with Crippen molar-refractivity contribution in [3.63, 3.8) is 0 Å². The number of pyridine rings is 2. The highest BCUT2D eigenvalue weighted by atomic mass is 32.2. The molecule has 4 rings (SSSR count). The summed E-state index contributed by atoms with van der Waals surface area (Å²) in [5, 5.41) is 11.6. The Hall–Kier alpha value is -3.60. The Morgan fingerprint density at radius 2 is 1.89 bits per heavy atom. The summed E-state index contributed by atoms with van der Waals surface area (Å²) in [6.07, 6.45) is 6.66. The maximum Gasteiger partial charge on any atom is 0.259 e. The lowest BCUT2D eigenvalue weighted by atomic mass is 10.1. The van der Waals surface area contributed by atoms with Gasteiger partial charge in [0, 0.05) is 42.9 Å². The molecule has 4 N–H and O–H groups in total. The Balaban J connectivity index is 1.62. The van der Waals surface area contributed by atoms with Crippen LogP contribution < -0.4 is 11.1 Å². The number of hydrogen-bond acceptors (Lipinski definition) is 8. The number of benzene rings is 1. The predicted molar refractivity (Wildman–Crippen MR) is 134 cm³/mol. The molecule has 35 heavy (non-hydrogen) atoms. The largest absolute Gasteiger partial charge is 0.393 e.